The van der Waals surface area contributed by atoms with Gasteiger partial charge < -0.3 is 14.6 Å². The van der Waals surface area contributed by atoms with Gasteiger partial charge in [-0.2, -0.15) is 0 Å². The first-order valence-electron chi connectivity index (χ1n) is 6.08. The van der Waals surface area contributed by atoms with Crippen LogP contribution in [0, 0.1) is 0 Å². The average Bonchev–Trinajstić information content (AvgIpc) is 2.46. The van der Waals surface area contributed by atoms with Crippen LogP contribution in [0.4, 0.5) is 10.5 Å². The summed E-state index contributed by atoms with van der Waals surface area (Å²) in [5.41, 5.74) is 0.165. The number of benzene rings is 1. The molecule has 1 saturated heterocycles. The van der Waals surface area contributed by atoms with E-state index in [9.17, 15) is 19.5 Å². The zero-order chi connectivity index (χ0) is 15.6. The SMILES string of the molecule is COc1cc(OC)c(N2CCC(=O)NC2=O)cc1C(=O)O. The molecule has 8 heteroatoms. The summed E-state index contributed by atoms with van der Waals surface area (Å²) < 4.78 is 10.2. The minimum atomic E-state index is -1.19. The highest BCUT2D eigenvalue weighted by atomic mass is 16.5. The standard InChI is InChI=1S/C13H14N2O6/c1-20-9-6-10(21-2)8(5-7(9)12(17)18)15-4-3-11(16)14-13(15)19/h5-6H,3-4H2,1-2H3,(H,17,18)(H,14,16,19). The van der Waals surface area contributed by atoms with Crippen LogP contribution in [0.2, 0.25) is 0 Å². The number of rotatable bonds is 4. The summed E-state index contributed by atoms with van der Waals surface area (Å²) in [6.45, 7) is 0.145. The monoisotopic (exact) mass is 294 g/mol. The number of carbonyl (C=O) groups is 3. The largest absolute Gasteiger partial charge is 0.496 e. The molecule has 0 bridgehead atoms. The number of carboxylic acids is 1. The van der Waals surface area contributed by atoms with Crippen LogP contribution in [0.15, 0.2) is 12.1 Å². The van der Waals surface area contributed by atoms with Crippen LogP contribution >= 0.6 is 0 Å². The van der Waals surface area contributed by atoms with Crippen molar-refractivity contribution in [2.75, 3.05) is 25.7 Å². The summed E-state index contributed by atoms with van der Waals surface area (Å²) in [6.07, 6.45) is 0.128. The number of carbonyl (C=O) groups excluding carboxylic acids is 2. The van der Waals surface area contributed by atoms with Gasteiger partial charge in [0.1, 0.15) is 17.1 Å². The van der Waals surface area contributed by atoms with Gasteiger partial charge in [-0.3, -0.25) is 15.0 Å². The summed E-state index contributed by atoms with van der Waals surface area (Å²) in [5, 5.41) is 11.4. The Balaban J connectivity index is 2.51. The van der Waals surface area contributed by atoms with E-state index in [-0.39, 0.29) is 41.6 Å². The van der Waals surface area contributed by atoms with Crippen LogP contribution in [-0.2, 0) is 4.79 Å². The lowest BCUT2D eigenvalue weighted by molar-refractivity contribution is -0.120. The van der Waals surface area contributed by atoms with E-state index in [0.717, 1.165) is 0 Å². The number of ether oxygens (including phenoxy) is 2. The van der Waals surface area contributed by atoms with E-state index in [1.54, 1.807) is 0 Å². The van der Waals surface area contributed by atoms with E-state index in [4.69, 9.17) is 9.47 Å². The highest BCUT2D eigenvalue weighted by molar-refractivity contribution is 6.07. The number of anilines is 1. The van der Waals surface area contributed by atoms with Crippen molar-refractivity contribution in [2.24, 2.45) is 0 Å². The second-order valence-corrected chi connectivity index (χ2v) is 4.28. The lowest BCUT2D eigenvalue weighted by atomic mass is 10.1. The van der Waals surface area contributed by atoms with Crippen LogP contribution < -0.4 is 19.7 Å². The Morgan fingerprint density at radius 1 is 1.24 bits per heavy atom. The smallest absolute Gasteiger partial charge is 0.339 e. The van der Waals surface area contributed by atoms with Crippen LogP contribution in [-0.4, -0.2) is 43.8 Å². The maximum absolute atomic E-state index is 11.9. The van der Waals surface area contributed by atoms with Crippen LogP contribution in [0.3, 0.4) is 0 Å². The molecular weight excluding hydrogens is 280 g/mol. The maximum atomic E-state index is 11.9. The molecule has 1 aliphatic rings. The molecule has 0 aliphatic carbocycles. The highest BCUT2D eigenvalue weighted by Gasteiger charge is 2.28. The number of urea groups is 1. The third-order valence-corrected chi connectivity index (χ3v) is 3.08. The predicted octanol–water partition coefficient (Wildman–Crippen LogP) is 0.848. The quantitative estimate of drug-likeness (QED) is 0.852. The Morgan fingerprint density at radius 2 is 1.90 bits per heavy atom. The van der Waals surface area contributed by atoms with E-state index in [0.29, 0.717) is 0 Å². The molecule has 0 unspecified atom stereocenters. The molecule has 2 rings (SSSR count). The van der Waals surface area contributed by atoms with Crippen molar-refractivity contribution < 1.29 is 29.0 Å². The molecule has 1 aromatic rings. The summed E-state index contributed by atoms with van der Waals surface area (Å²) in [6, 6.07) is 2.06. The molecule has 0 saturated carbocycles. The first-order valence-corrected chi connectivity index (χ1v) is 6.08. The topological polar surface area (TPSA) is 105 Å². The number of nitrogens with zero attached hydrogens (tertiary/aromatic N) is 1. The van der Waals surface area contributed by atoms with E-state index >= 15 is 0 Å². The fourth-order valence-electron chi connectivity index (χ4n) is 2.05. The highest BCUT2D eigenvalue weighted by Crippen LogP contribution is 2.36. The Bertz CT molecular complexity index is 613. The Kier molecular flexibility index (Phi) is 3.97. The third-order valence-electron chi connectivity index (χ3n) is 3.08. The molecule has 8 nitrogen and oxygen atoms in total. The number of nitrogens with one attached hydrogen (secondary N) is 1. The summed E-state index contributed by atoms with van der Waals surface area (Å²) in [7, 11) is 2.73. The van der Waals surface area contributed by atoms with Gasteiger partial charge in [0.2, 0.25) is 5.91 Å². The van der Waals surface area contributed by atoms with Crippen LogP contribution in [0.25, 0.3) is 0 Å². The molecule has 1 aromatic carbocycles. The minimum Gasteiger partial charge on any atom is -0.496 e. The van der Waals surface area contributed by atoms with Crippen molar-refractivity contribution in [2.45, 2.75) is 6.42 Å². The zero-order valence-corrected chi connectivity index (χ0v) is 11.5. The second kappa shape index (κ2) is 5.70. The van der Waals surface area contributed by atoms with Gasteiger partial charge in [0, 0.05) is 19.0 Å². The van der Waals surface area contributed by atoms with E-state index in [1.165, 1.54) is 31.3 Å². The van der Waals surface area contributed by atoms with Crippen molar-refractivity contribution >= 4 is 23.6 Å². The molecule has 0 atom stereocenters. The Labute approximate surface area is 120 Å². The van der Waals surface area contributed by atoms with E-state index < -0.39 is 12.0 Å². The second-order valence-electron chi connectivity index (χ2n) is 4.28. The number of hydrogen-bond acceptors (Lipinski definition) is 5. The maximum Gasteiger partial charge on any atom is 0.339 e. The first-order chi connectivity index (χ1) is 9.97. The zero-order valence-electron chi connectivity index (χ0n) is 11.5. The molecular formula is C13H14N2O6. The van der Waals surface area contributed by atoms with Crippen molar-refractivity contribution in [3.8, 4) is 11.5 Å². The molecule has 0 spiro atoms. The first kappa shape index (κ1) is 14.6. The van der Waals surface area contributed by atoms with E-state index in [1.807, 2.05) is 0 Å². The number of carboxylic acid groups (broad SMARTS) is 1. The predicted molar refractivity (Wildman–Crippen MR) is 72.0 cm³/mol. The van der Waals surface area contributed by atoms with E-state index in [2.05, 4.69) is 5.32 Å². The fraction of sp³-hybridized carbons (Fsp3) is 0.308. The lowest BCUT2D eigenvalue weighted by Crippen LogP contribution is -2.49. The number of methoxy groups -OCH3 is 2. The van der Waals surface area contributed by atoms with Gasteiger partial charge in [-0.15, -0.1) is 0 Å². The lowest BCUT2D eigenvalue weighted by Gasteiger charge is -2.28. The van der Waals surface area contributed by atoms with Gasteiger partial charge in [-0.05, 0) is 6.07 Å². The van der Waals surface area contributed by atoms with Gasteiger partial charge in [-0.25, -0.2) is 9.59 Å². The van der Waals surface area contributed by atoms with Gasteiger partial charge >= 0.3 is 12.0 Å². The molecule has 112 valence electrons. The number of imide groups is 1. The van der Waals surface area contributed by atoms with Gasteiger partial charge in [0.15, 0.2) is 0 Å². The fourth-order valence-corrected chi connectivity index (χ4v) is 2.05. The summed E-state index contributed by atoms with van der Waals surface area (Å²) in [4.78, 5) is 35.6. The molecule has 3 amide bonds. The molecule has 21 heavy (non-hydrogen) atoms. The van der Waals surface area contributed by atoms with Crippen molar-refractivity contribution in [1.82, 2.24) is 5.32 Å². The Morgan fingerprint density at radius 3 is 2.43 bits per heavy atom. The van der Waals surface area contributed by atoms with Crippen LogP contribution in [0.5, 0.6) is 11.5 Å². The van der Waals surface area contributed by atoms with Crippen molar-refractivity contribution in [3.63, 3.8) is 0 Å². The Hall–Kier alpha value is -2.77. The van der Waals surface area contributed by atoms with Gasteiger partial charge in [-0.1, -0.05) is 0 Å². The molecule has 1 fully saturated rings. The third kappa shape index (κ3) is 2.73. The normalized spacial score (nSPS) is 14.7. The molecule has 0 radical (unpaired) electrons. The minimum absolute atomic E-state index is 0.0991. The number of aromatic carboxylic acids is 1. The molecule has 0 aromatic heterocycles. The number of amides is 3. The number of hydrogen-bond donors (Lipinski definition) is 2. The summed E-state index contributed by atoms with van der Waals surface area (Å²) >= 11 is 0. The van der Waals surface area contributed by atoms with Crippen molar-refractivity contribution in [3.05, 3.63) is 17.7 Å². The molecule has 2 N–H and O–H groups in total. The van der Waals surface area contributed by atoms with Gasteiger partial charge in [0.25, 0.3) is 0 Å². The van der Waals surface area contributed by atoms with Crippen LogP contribution in [0.1, 0.15) is 16.8 Å². The van der Waals surface area contributed by atoms with Crippen molar-refractivity contribution in [1.29, 1.82) is 0 Å². The molecule has 1 aliphatic heterocycles. The van der Waals surface area contributed by atoms with Gasteiger partial charge in [0.05, 0.1) is 19.9 Å². The average molecular weight is 294 g/mol. The molecule has 1 heterocycles. The summed E-state index contributed by atoms with van der Waals surface area (Å²) in [5.74, 6) is -1.16.